The van der Waals surface area contributed by atoms with Gasteiger partial charge in [-0.1, -0.05) is 0 Å². The number of imidazole rings is 1. The van der Waals surface area contributed by atoms with Crippen LogP contribution in [0.2, 0.25) is 0 Å². The molecule has 1 N–H and O–H groups in total. The van der Waals surface area contributed by atoms with E-state index in [2.05, 4.69) is 9.97 Å². The smallest absolute Gasteiger partial charge is 0.166 e. The first-order chi connectivity index (χ1) is 8.74. The highest BCUT2D eigenvalue weighted by Gasteiger charge is 2.25. The van der Waals surface area contributed by atoms with Gasteiger partial charge in [0.15, 0.2) is 5.78 Å². The maximum absolute atomic E-state index is 12.3. The number of carbonyl (C=O) groups excluding carboxylic acids is 2. The molecule has 0 amide bonds. The highest BCUT2D eigenvalue weighted by atomic mass is 16.1. The summed E-state index contributed by atoms with van der Waals surface area (Å²) in [6.45, 7) is 0. The molecule has 0 spiro atoms. The van der Waals surface area contributed by atoms with Crippen molar-refractivity contribution in [3.05, 3.63) is 30.1 Å². The number of H-pyrrole nitrogens is 1. The Labute approximate surface area is 104 Å². The molecule has 1 aliphatic rings. The molecule has 0 saturated heterocycles. The van der Waals surface area contributed by atoms with Crippen molar-refractivity contribution in [2.45, 2.75) is 25.7 Å². The molecular weight excluding hydrogens is 228 g/mol. The summed E-state index contributed by atoms with van der Waals surface area (Å²) in [5.41, 5.74) is 2.46. The number of nitrogens with one attached hydrogen (secondary N) is 1. The van der Waals surface area contributed by atoms with Crippen molar-refractivity contribution in [3.8, 4) is 0 Å². The van der Waals surface area contributed by atoms with Gasteiger partial charge in [-0.2, -0.15) is 0 Å². The van der Waals surface area contributed by atoms with Crippen molar-refractivity contribution < 1.29 is 9.59 Å². The largest absolute Gasteiger partial charge is 0.345 e. The summed E-state index contributed by atoms with van der Waals surface area (Å²) in [4.78, 5) is 30.6. The first-order valence-corrected chi connectivity index (χ1v) is 6.23. The number of carbonyl (C=O) groups is 2. The molecule has 0 aliphatic heterocycles. The second-order valence-corrected chi connectivity index (χ2v) is 4.81. The Hall–Kier alpha value is -1.97. The van der Waals surface area contributed by atoms with Gasteiger partial charge in [0.05, 0.1) is 17.4 Å². The second kappa shape index (κ2) is 4.37. The molecule has 0 unspecified atom stereocenters. The minimum Gasteiger partial charge on any atom is -0.345 e. The van der Waals surface area contributed by atoms with E-state index >= 15 is 0 Å². The fourth-order valence-corrected chi connectivity index (χ4v) is 2.53. The van der Waals surface area contributed by atoms with E-state index in [-0.39, 0.29) is 17.5 Å². The summed E-state index contributed by atoms with van der Waals surface area (Å²) in [5, 5.41) is 0. The zero-order chi connectivity index (χ0) is 12.5. The van der Waals surface area contributed by atoms with Gasteiger partial charge in [-0.05, 0) is 31.0 Å². The molecule has 3 rings (SSSR count). The topological polar surface area (TPSA) is 62.8 Å². The van der Waals surface area contributed by atoms with Crippen molar-refractivity contribution in [3.63, 3.8) is 0 Å². The highest BCUT2D eigenvalue weighted by Crippen LogP contribution is 2.26. The van der Waals surface area contributed by atoms with Crippen LogP contribution in [-0.2, 0) is 4.79 Å². The fraction of sp³-hybridized carbons (Fsp3) is 0.357. The summed E-state index contributed by atoms with van der Waals surface area (Å²) in [5.74, 6) is 0.435. The molecule has 4 heteroatoms. The molecule has 2 aromatic rings. The Bertz CT molecular complexity index is 605. The van der Waals surface area contributed by atoms with Crippen LogP contribution in [-0.4, -0.2) is 21.5 Å². The molecule has 0 radical (unpaired) electrons. The molecule has 4 nitrogen and oxygen atoms in total. The van der Waals surface area contributed by atoms with Gasteiger partial charge < -0.3 is 4.98 Å². The van der Waals surface area contributed by atoms with E-state index in [9.17, 15) is 9.59 Å². The van der Waals surface area contributed by atoms with Gasteiger partial charge in [-0.25, -0.2) is 4.98 Å². The van der Waals surface area contributed by atoms with Gasteiger partial charge in [0, 0.05) is 24.3 Å². The quantitative estimate of drug-likeness (QED) is 0.823. The van der Waals surface area contributed by atoms with Crippen LogP contribution in [0.1, 0.15) is 36.0 Å². The van der Waals surface area contributed by atoms with Crippen LogP contribution in [0, 0.1) is 5.92 Å². The van der Waals surface area contributed by atoms with Gasteiger partial charge in [0.25, 0.3) is 0 Å². The summed E-state index contributed by atoms with van der Waals surface area (Å²) >= 11 is 0. The fourth-order valence-electron chi connectivity index (χ4n) is 2.53. The maximum atomic E-state index is 12.3. The van der Waals surface area contributed by atoms with Crippen molar-refractivity contribution in [2.24, 2.45) is 5.92 Å². The van der Waals surface area contributed by atoms with E-state index < -0.39 is 0 Å². The minimum atomic E-state index is 0.00284. The number of rotatable bonds is 2. The van der Waals surface area contributed by atoms with Crippen molar-refractivity contribution >= 4 is 22.6 Å². The molecule has 92 valence electrons. The van der Waals surface area contributed by atoms with E-state index in [0.717, 1.165) is 11.0 Å². The lowest BCUT2D eigenvalue weighted by Crippen LogP contribution is -2.21. The van der Waals surface area contributed by atoms with Crippen molar-refractivity contribution in [1.82, 2.24) is 9.97 Å². The molecular formula is C14H14N2O2. The number of fused-ring (bicyclic) bond motifs is 1. The Kier molecular flexibility index (Phi) is 2.70. The standard InChI is InChI=1S/C14H14N2O2/c17-11-4-1-9(2-5-11)14(18)10-3-6-12-13(7-10)16-8-15-12/h3,6-9H,1-2,4-5H2,(H,15,16). The predicted octanol–water partition coefficient (Wildman–Crippen LogP) is 2.50. The van der Waals surface area contributed by atoms with Gasteiger partial charge in [-0.3, -0.25) is 9.59 Å². The second-order valence-electron chi connectivity index (χ2n) is 4.81. The van der Waals surface area contributed by atoms with E-state index in [1.807, 2.05) is 18.2 Å². The molecule has 1 aromatic heterocycles. The zero-order valence-corrected chi connectivity index (χ0v) is 9.98. The normalized spacial score (nSPS) is 17.2. The van der Waals surface area contributed by atoms with E-state index in [0.29, 0.717) is 31.2 Å². The lowest BCUT2D eigenvalue weighted by atomic mass is 9.83. The molecule has 0 bridgehead atoms. The highest BCUT2D eigenvalue weighted by molar-refractivity contribution is 6.01. The monoisotopic (exact) mass is 242 g/mol. The Morgan fingerprint density at radius 3 is 2.83 bits per heavy atom. The summed E-state index contributed by atoms with van der Waals surface area (Å²) < 4.78 is 0. The van der Waals surface area contributed by atoms with Crippen LogP contribution in [0.15, 0.2) is 24.5 Å². The Morgan fingerprint density at radius 2 is 2.06 bits per heavy atom. The molecule has 1 aliphatic carbocycles. The molecule has 1 aromatic carbocycles. The van der Waals surface area contributed by atoms with Crippen molar-refractivity contribution in [2.75, 3.05) is 0 Å². The lowest BCUT2D eigenvalue weighted by molar-refractivity contribution is -0.120. The Morgan fingerprint density at radius 1 is 1.28 bits per heavy atom. The molecule has 0 atom stereocenters. The van der Waals surface area contributed by atoms with Gasteiger partial charge in [-0.15, -0.1) is 0 Å². The van der Waals surface area contributed by atoms with Crippen LogP contribution in [0.25, 0.3) is 11.0 Å². The third-order valence-electron chi connectivity index (χ3n) is 3.62. The number of hydrogen-bond acceptors (Lipinski definition) is 3. The number of Topliss-reactive ketones (excluding diaryl/α,β-unsaturated/α-hetero) is 2. The number of aromatic nitrogens is 2. The number of benzene rings is 1. The van der Waals surface area contributed by atoms with Crippen LogP contribution in [0.3, 0.4) is 0 Å². The number of hydrogen-bond donors (Lipinski definition) is 1. The lowest BCUT2D eigenvalue weighted by Gasteiger charge is -2.19. The third kappa shape index (κ3) is 1.94. The van der Waals surface area contributed by atoms with Crippen LogP contribution in [0.5, 0.6) is 0 Å². The SMILES string of the molecule is O=C1CCC(C(=O)c2ccc3nc[nH]c3c2)CC1. The zero-order valence-electron chi connectivity index (χ0n) is 9.98. The van der Waals surface area contributed by atoms with E-state index in [4.69, 9.17) is 0 Å². The number of nitrogens with zero attached hydrogens (tertiary/aromatic N) is 1. The van der Waals surface area contributed by atoms with E-state index in [1.165, 1.54) is 0 Å². The average Bonchev–Trinajstić information content (AvgIpc) is 2.86. The van der Waals surface area contributed by atoms with Crippen LogP contribution in [0.4, 0.5) is 0 Å². The van der Waals surface area contributed by atoms with Gasteiger partial charge in [0.1, 0.15) is 5.78 Å². The third-order valence-corrected chi connectivity index (χ3v) is 3.62. The molecule has 1 saturated carbocycles. The minimum absolute atomic E-state index is 0.00284. The molecule has 1 fully saturated rings. The van der Waals surface area contributed by atoms with Crippen molar-refractivity contribution in [1.29, 1.82) is 0 Å². The summed E-state index contributed by atoms with van der Waals surface area (Å²) in [6, 6.07) is 5.52. The van der Waals surface area contributed by atoms with Crippen LogP contribution >= 0.6 is 0 Å². The van der Waals surface area contributed by atoms with Gasteiger partial charge >= 0.3 is 0 Å². The first-order valence-electron chi connectivity index (χ1n) is 6.23. The average molecular weight is 242 g/mol. The summed E-state index contributed by atoms with van der Waals surface area (Å²) in [6.07, 6.45) is 4.10. The number of aromatic amines is 1. The predicted molar refractivity (Wildman–Crippen MR) is 67.4 cm³/mol. The Balaban J connectivity index is 1.84. The maximum Gasteiger partial charge on any atom is 0.166 e. The van der Waals surface area contributed by atoms with Crippen LogP contribution < -0.4 is 0 Å². The first kappa shape index (κ1) is 11.1. The van der Waals surface area contributed by atoms with E-state index in [1.54, 1.807) is 6.33 Å². The molecule has 18 heavy (non-hydrogen) atoms. The number of ketones is 2. The van der Waals surface area contributed by atoms with Gasteiger partial charge in [0.2, 0.25) is 0 Å². The molecule has 1 heterocycles. The summed E-state index contributed by atoms with van der Waals surface area (Å²) in [7, 11) is 0.